The van der Waals surface area contributed by atoms with E-state index in [1.165, 1.54) is 5.69 Å². The molecule has 1 aromatic heterocycles. The Morgan fingerprint density at radius 2 is 2.16 bits per heavy atom. The number of aromatic nitrogens is 2. The summed E-state index contributed by atoms with van der Waals surface area (Å²) >= 11 is 0. The molecule has 0 spiro atoms. The summed E-state index contributed by atoms with van der Waals surface area (Å²) in [6.07, 6.45) is 2.28. The van der Waals surface area contributed by atoms with Gasteiger partial charge in [-0.05, 0) is 38.0 Å². The van der Waals surface area contributed by atoms with Crippen LogP contribution in [0.15, 0.2) is 18.2 Å². The Bertz CT molecular complexity index is 613. The molecule has 102 valence electrons. The summed E-state index contributed by atoms with van der Waals surface area (Å²) < 4.78 is 2.11. The standard InChI is InChI=1S/C15H21N3O/c1-11-16-13-8-12(4-5-14(13)18(11)3)17(2)9-15(10-19)6-7-15/h4-5,8,19H,6-7,9-10H2,1-3H3. The lowest BCUT2D eigenvalue weighted by atomic mass is 10.1. The molecule has 1 N–H and O–H groups in total. The molecule has 1 aliphatic carbocycles. The van der Waals surface area contributed by atoms with E-state index in [1.54, 1.807) is 0 Å². The van der Waals surface area contributed by atoms with E-state index < -0.39 is 0 Å². The van der Waals surface area contributed by atoms with Gasteiger partial charge in [0.2, 0.25) is 0 Å². The summed E-state index contributed by atoms with van der Waals surface area (Å²) in [5.74, 6) is 1.03. The zero-order valence-electron chi connectivity index (χ0n) is 11.8. The number of benzene rings is 1. The molecule has 0 radical (unpaired) electrons. The Morgan fingerprint density at radius 1 is 1.42 bits per heavy atom. The topological polar surface area (TPSA) is 41.3 Å². The van der Waals surface area contributed by atoms with Gasteiger partial charge in [-0.25, -0.2) is 4.98 Å². The molecular formula is C15H21N3O. The average Bonchev–Trinajstić information content (AvgIpc) is 3.12. The highest BCUT2D eigenvalue weighted by atomic mass is 16.3. The summed E-state index contributed by atoms with van der Waals surface area (Å²) in [7, 11) is 4.13. The van der Waals surface area contributed by atoms with Crippen molar-refractivity contribution in [3.05, 3.63) is 24.0 Å². The van der Waals surface area contributed by atoms with Crippen LogP contribution < -0.4 is 4.90 Å². The van der Waals surface area contributed by atoms with Gasteiger partial charge >= 0.3 is 0 Å². The van der Waals surface area contributed by atoms with Crippen LogP contribution in [-0.2, 0) is 7.05 Å². The lowest BCUT2D eigenvalue weighted by molar-refractivity contribution is 0.215. The van der Waals surface area contributed by atoms with Crippen molar-refractivity contribution >= 4 is 16.7 Å². The molecule has 0 saturated heterocycles. The zero-order chi connectivity index (χ0) is 13.6. The predicted octanol–water partition coefficient (Wildman–Crippen LogP) is 2.09. The van der Waals surface area contributed by atoms with E-state index in [1.807, 2.05) is 14.0 Å². The van der Waals surface area contributed by atoms with Gasteiger partial charge in [0.1, 0.15) is 5.82 Å². The van der Waals surface area contributed by atoms with Gasteiger partial charge in [-0.2, -0.15) is 0 Å². The molecule has 19 heavy (non-hydrogen) atoms. The van der Waals surface area contributed by atoms with E-state index in [0.717, 1.165) is 36.2 Å². The fourth-order valence-electron chi connectivity index (χ4n) is 2.68. The maximum atomic E-state index is 9.42. The van der Waals surface area contributed by atoms with E-state index in [2.05, 4.69) is 39.7 Å². The van der Waals surface area contributed by atoms with Gasteiger partial charge in [0.05, 0.1) is 17.6 Å². The second-order valence-electron chi connectivity index (χ2n) is 5.91. The number of hydrogen-bond donors (Lipinski definition) is 1. The maximum Gasteiger partial charge on any atom is 0.106 e. The van der Waals surface area contributed by atoms with E-state index in [9.17, 15) is 5.11 Å². The second-order valence-corrected chi connectivity index (χ2v) is 5.91. The summed E-state index contributed by atoms with van der Waals surface area (Å²) in [6.45, 7) is 3.23. The smallest absolute Gasteiger partial charge is 0.106 e. The van der Waals surface area contributed by atoms with Gasteiger partial charge in [-0.3, -0.25) is 0 Å². The van der Waals surface area contributed by atoms with Crippen LogP contribution in [0.2, 0.25) is 0 Å². The molecule has 3 rings (SSSR count). The van der Waals surface area contributed by atoms with Crippen LogP contribution in [-0.4, -0.2) is 34.9 Å². The fourth-order valence-corrected chi connectivity index (χ4v) is 2.68. The first-order valence-electron chi connectivity index (χ1n) is 6.80. The number of rotatable bonds is 4. The van der Waals surface area contributed by atoms with Crippen molar-refractivity contribution < 1.29 is 5.11 Å². The van der Waals surface area contributed by atoms with Crippen molar-refractivity contribution in [3.63, 3.8) is 0 Å². The van der Waals surface area contributed by atoms with Crippen LogP contribution in [0.4, 0.5) is 5.69 Å². The van der Waals surface area contributed by atoms with E-state index in [4.69, 9.17) is 0 Å². The monoisotopic (exact) mass is 259 g/mol. The van der Waals surface area contributed by atoms with Gasteiger partial charge in [0, 0.05) is 31.7 Å². The minimum absolute atomic E-state index is 0.143. The molecule has 0 amide bonds. The van der Waals surface area contributed by atoms with Gasteiger partial charge in [0.25, 0.3) is 0 Å². The van der Waals surface area contributed by atoms with Crippen molar-refractivity contribution in [1.82, 2.24) is 9.55 Å². The van der Waals surface area contributed by atoms with E-state index in [-0.39, 0.29) is 5.41 Å². The Labute approximate surface area is 113 Å². The molecule has 2 aromatic rings. The van der Waals surface area contributed by atoms with E-state index >= 15 is 0 Å². The summed E-state index contributed by atoms with van der Waals surface area (Å²) in [5, 5.41) is 9.42. The van der Waals surface area contributed by atoms with Gasteiger partial charge in [-0.15, -0.1) is 0 Å². The Morgan fingerprint density at radius 3 is 2.79 bits per heavy atom. The molecule has 1 saturated carbocycles. The van der Waals surface area contributed by atoms with Gasteiger partial charge in [0.15, 0.2) is 0 Å². The highest BCUT2D eigenvalue weighted by molar-refractivity contribution is 5.80. The highest BCUT2D eigenvalue weighted by Crippen LogP contribution is 2.46. The molecule has 1 fully saturated rings. The first-order valence-corrected chi connectivity index (χ1v) is 6.80. The third kappa shape index (κ3) is 2.10. The number of hydrogen-bond acceptors (Lipinski definition) is 3. The molecule has 0 atom stereocenters. The third-order valence-corrected chi connectivity index (χ3v) is 4.39. The number of fused-ring (bicyclic) bond motifs is 1. The third-order valence-electron chi connectivity index (χ3n) is 4.39. The van der Waals surface area contributed by atoms with Crippen molar-refractivity contribution in [2.75, 3.05) is 25.1 Å². The van der Waals surface area contributed by atoms with Crippen LogP contribution in [0.5, 0.6) is 0 Å². The predicted molar refractivity (Wildman–Crippen MR) is 77.5 cm³/mol. The van der Waals surface area contributed by atoms with Crippen LogP contribution in [0, 0.1) is 12.3 Å². The average molecular weight is 259 g/mol. The molecule has 1 heterocycles. The van der Waals surface area contributed by atoms with Crippen molar-refractivity contribution in [2.45, 2.75) is 19.8 Å². The van der Waals surface area contributed by atoms with E-state index in [0.29, 0.717) is 6.61 Å². The Hall–Kier alpha value is -1.55. The second kappa shape index (κ2) is 4.23. The molecule has 1 aromatic carbocycles. The summed E-state index contributed by atoms with van der Waals surface area (Å²) in [5.41, 5.74) is 3.52. The summed E-state index contributed by atoms with van der Waals surface area (Å²) in [4.78, 5) is 6.80. The van der Waals surface area contributed by atoms with Crippen LogP contribution in [0.3, 0.4) is 0 Å². The van der Waals surface area contributed by atoms with Crippen LogP contribution in [0.1, 0.15) is 18.7 Å². The first kappa shape index (κ1) is 12.5. The molecule has 0 bridgehead atoms. The molecule has 0 aliphatic heterocycles. The molecular weight excluding hydrogens is 238 g/mol. The fraction of sp³-hybridized carbons (Fsp3) is 0.533. The number of imidazole rings is 1. The lowest BCUT2D eigenvalue weighted by Gasteiger charge is -2.24. The minimum atomic E-state index is 0.143. The van der Waals surface area contributed by atoms with Gasteiger partial charge in [-0.1, -0.05) is 0 Å². The Balaban J connectivity index is 1.88. The zero-order valence-corrected chi connectivity index (χ0v) is 11.8. The van der Waals surface area contributed by atoms with Crippen molar-refractivity contribution in [3.8, 4) is 0 Å². The highest BCUT2D eigenvalue weighted by Gasteiger charge is 2.42. The SMILES string of the molecule is Cc1nc2cc(N(C)CC3(CO)CC3)ccc2n1C. The van der Waals surface area contributed by atoms with Crippen LogP contribution in [0.25, 0.3) is 11.0 Å². The Kier molecular flexibility index (Phi) is 2.78. The molecule has 0 unspecified atom stereocenters. The van der Waals surface area contributed by atoms with Crippen molar-refractivity contribution in [1.29, 1.82) is 0 Å². The molecule has 4 nitrogen and oxygen atoms in total. The van der Waals surface area contributed by atoms with Gasteiger partial charge < -0.3 is 14.6 Å². The number of aryl methyl sites for hydroxylation is 2. The number of anilines is 1. The number of aliphatic hydroxyl groups excluding tert-OH is 1. The number of aliphatic hydroxyl groups is 1. The van der Waals surface area contributed by atoms with Crippen LogP contribution >= 0.6 is 0 Å². The normalized spacial score (nSPS) is 16.8. The summed E-state index contributed by atoms with van der Waals surface area (Å²) in [6, 6.07) is 6.40. The lowest BCUT2D eigenvalue weighted by Crippen LogP contribution is -2.28. The number of nitrogens with zero attached hydrogens (tertiary/aromatic N) is 3. The quantitative estimate of drug-likeness (QED) is 0.914. The largest absolute Gasteiger partial charge is 0.396 e. The first-order chi connectivity index (χ1) is 9.04. The molecule has 4 heteroatoms. The molecule has 1 aliphatic rings. The maximum absolute atomic E-state index is 9.42. The minimum Gasteiger partial charge on any atom is -0.396 e. The van der Waals surface area contributed by atoms with Crippen molar-refractivity contribution in [2.24, 2.45) is 12.5 Å².